The quantitative estimate of drug-likeness (QED) is 0.736. The molecule has 0 radical (unpaired) electrons. The van der Waals surface area contributed by atoms with E-state index in [1.165, 1.54) is 25.7 Å². The van der Waals surface area contributed by atoms with Gasteiger partial charge in [-0.3, -0.25) is 4.90 Å². The summed E-state index contributed by atoms with van der Waals surface area (Å²) in [5, 5.41) is 9.27. The minimum Gasteiger partial charge on any atom is -0.395 e. The minimum absolute atomic E-state index is 0.312. The molecule has 1 aliphatic carbocycles. The zero-order valence-corrected chi connectivity index (χ0v) is 8.98. The smallest absolute Gasteiger partial charge is 0.0726 e. The second-order valence-electron chi connectivity index (χ2n) is 4.49. The number of rotatable bonds is 3. The predicted octanol–water partition coefficient (Wildman–Crippen LogP) is 1.01. The average molecular weight is 199 g/mol. The summed E-state index contributed by atoms with van der Waals surface area (Å²) in [7, 11) is 1.81. The third-order valence-electron chi connectivity index (χ3n) is 3.78. The van der Waals surface area contributed by atoms with Crippen LogP contribution in [0.25, 0.3) is 0 Å². The molecule has 1 heterocycles. The van der Waals surface area contributed by atoms with Gasteiger partial charge in [-0.25, -0.2) is 0 Å². The first-order chi connectivity index (χ1) is 6.86. The molecule has 0 aromatic heterocycles. The maximum absolute atomic E-state index is 9.27. The van der Waals surface area contributed by atoms with Crippen LogP contribution < -0.4 is 0 Å². The van der Waals surface area contributed by atoms with Crippen molar-refractivity contribution >= 4 is 0 Å². The van der Waals surface area contributed by atoms with E-state index < -0.39 is 0 Å². The fourth-order valence-electron chi connectivity index (χ4n) is 3.05. The van der Waals surface area contributed by atoms with Gasteiger partial charge in [-0.2, -0.15) is 0 Å². The maximum atomic E-state index is 9.27. The maximum Gasteiger partial charge on any atom is 0.0726 e. The first kappa shape index (κ1) is 10.4. The zero-order chi connectivity index (χ0) is 9.97. The van der Waals surface area contributed by atoms with Crippen molar-refractivity contribution in [2.75, 3.05) is 20.3 Å². The molecule has 0 aromatic rings. The Kier molecular flexibility index (Phi) is 3.42. The van der Waals surface area contributed by atoms with Crippen LogP contribution in [0.1, 0.15) is 32.1 Å². The van der Waals surface area contributed by atoms with Crippen LogP contribution in [-0.4, -0.2) is 48.5 Å². The van der Waals surface area contributed by atoms with Gasteiger partial charge in [-0.15, -0.1) is 0 Å². The third kappa shape index (κ3) is 1.81. The number of aliphatic hydroxyl groups excluding tert-OH is 1. The van der Waals surface area contributed by atoms with Gasteiger partial charge < -0.3 is 9.84 Å². The van der Waals surface area contributed by atoms with E-state index in [1.54, 1.807) is 0 Å². The molecule has 2 unspecified atom stereocenters. The number of aliphatic hydroxyl groups is 1. The normalized spacial score (nSPS) is 39.4. The molecule has 0 bridgehead atoms. The average Bonchev–Trinajstić information content (AvgIpc) is 2.85. The van der Waals surface area contributed by atoms with E-state index in [9.17, 15) is 5.11 Å². The Bertz CT molecular complexity index is 166. The van der Waals surface area contributed by atoms with Gasteiger partial charge in [-0.05, 0) is 38.6 Å². The highest BCUT2D eigenvalue weighted by Gasteiger charge is 2.37. The molecule has 2 fully saturated rings. The van der Waals surface area contributed by atoms with Crippen LogP contribution in [0.15, 0.2) is 0 Å². The Labute approximate surface area is 86.0 Å². The summed E-state index contributed by atoms with van der Waals surface area (Å²) in [6.45, 7) is 1.46. The fourth-order valence-corrected chi connectivity index (χ4v) is 3.05. The van der Waals surface area contributed by atoms with Gasteiger partial charge in [0.05, 0.1) is 12.7 Å². The summed E-state index contributed by atoms with van der Waals surface area (Å²) in [6.07, 6.45) is 6.51. The molecule has 3 heteroatoms. The van der Waals surface area contributed by atoms with E-state index in [2.05, 4.69) is 4.90 Å². The van der Waals surface area contributed by atoms with Gasteiger partial charge >= 0.3 is 0 Å². The van der Waals surface area contributed by atoms with Gasteiger partial charge in [0.15, 0.2) is 0 Å². The molecular weight excluding hydrogens is 178 g/mol. The van der Waals surface area contributed by atoms with Gasteiger partial charge in [0.2, 0.25) is 0 Å². The van der Waals surface area contributed by atoms with Gasteiger partial charge in [0.25, 0.3) is 0 Å². The summed E-state index contributed by atoms with van der Waals surface area (Å²) < 4.78 is 5.51. The van der Waals surface area contributed by atoms with Crippen molar-refractivity contribution in [3.63, 3.8) is 0 Å². The fraction of sp³-hybridized carbons (Fsp3) is 1.00. The van der Waals surface area contributed by atoms with Gasteiger partial charge in [0.1, 0.15) is 0 Å². The van der Waals surface area contributed by atoms with Crippen LogP contribution in [0.5, 0.6) is 0 Å². The van der Waals surface area contributed by atoms with Crippen molar-refractivity contribution in [1.82, 2.24) is 4.90 Å². The van der Waals surface area contributed by atoms with Gasteiger partial charge in [-0.1, -0.05) is 0 Å². The largest absolute Gasteiger partial charge is 0.395 e. The van der Waals surface area contributed by atoms with Crippen LogP contribution in [0, 0.1) is 0 Å². The zero-order valence-electron chi connectivity index (χ0n) is 8.98. The summed E-state index contributed by atoms with van der Waals surface area (Å²) in [4.78, 5) is 2.47. The van der Waals surface area contributed by atoms with E-state index in [-0.39, 0.29) is 0 Å². The monoisotopic (exact) mass is 199 g/mol. The number of hydrogen-bond donors (Lipinski definition) is 1. The molecule has 0 spiro atoms. The Morgan fingerprint density at radius 1 is 1.29 bits per heavy atom. The molecule has 1 saturated heterocycles. The highest BCUT2D eigenvalue weighted by atomic mass is 16.5. The molecular formula is C11H21NO2. The first-order valence-corrected chi connectivity index (χ1v) is 5.76. The van der Waals surface area contributed by atoms with Crippen LogP contribution in [-0.2, 0) is 4.74 Å². The van der Waals surface area contributed by atoms with E-state index in [4.69, 9.17) is 4.74 Å². The summed E-state index contributed by atoms with van der Waals surface area (Å²) in [6, 6.07) is 0.968. The number of nitrogens with zero attached hydrogens (tertiary/aromatic N) is 1. The Morgan fingerprint density at radius 3 is 2.86 bits per heavy atom. The molecule has 1 N–H and O–H groups in total. The molecule has 2 aliphatic rings. The lowest BCUT2D eigenvalue weighted by Crippen LogP contribution is -2.45. The second-order valence-corrected chi connectivity index (χ2v) is 4.49. The first-order valence-electron chi connectivity index (χ1n) is 5.76. The molecule has 3 atom stereocenters. The van der Waals surface area contributed by atoms with Gasteiger partial charge in [0, 0.05) is 19.2 Å². The second kappa shape index (κ2) is 4.60. The lowest BCUT2D eigenvalue weighted by atomic mass is 10.1. The van der Waals surface area contributed by atoms with Crippen LogP contribution in [0.2, 0.25) is 0 Å². The summed E-state index contributed by atoms with van der Waals surface area (Å²) in [5.74, 6) is 0. The number of ether oxygens (including phenoxy) is 1. The van der Waals surface area contributed by atoms with Crippen LogP contribution in [0.3, 0.4) is 0 Å². The molecule has 1 aliphatic heterocycles. The standard InChI is InChI=1S/C11H21NO2/c1-14-11-6-2-5-10(11)12-7-3-4-9(12)8-13/h9-11,13H,2-8H2,1H3/t9-,10?,11?/m1/s1. The molecule has 3 nitrogen and oxygen atoms in total. The highest BCUT2D eigenvalue weighted by molar-refractivity contribution is 4.92. The lowest BCUT2D eigenvalue weighted by molar-refractivity contribution is 0.0171. The predicted molar refractivity (Wildman–Crippen MR) is 55.2 cm³/mol. The lowest BCUT2D eigenvalue weighted by Gasteiger charge is -2.32. The van der Waals surface area contributed by atoms with Crippen molar-refractivity contribution in [1.29, 1.82) is 0 Å². The molecule has 82 valence electrons. The summed E-state index contributed by atoms with van der Waals surface area (Å²) in [5.41, 5.74) is 0. The molecule has 0 amide bonds. The number of methoxy groups -OCH3 is 1. The van der Waals surface area contributed by atoms with E-state index in [0.717, 1.165) is 13.0 Å². The SMILES string of the molecule is COC1CCCC1N1CCC[C@@H]1CO. The number of hydrogen-bond acceptors (Lipinski definition) is 3. The van der Waals surface area contributed by atoms with E-state index in [0.29, 0.717) is 24.8 Å². The van der Waals surface area contributed by atoms with Crippen molar-refractivity contribution in [2.45, 2.75) is 50.3 Å². The molecule has 14 heavy (non-hydrogen) atoms. The Morgan fingerprint density at radius 2 is 2.14 bits per heavy atom. The third-order valence-corrected chi connectivity index (χ3v) is 3.78. The molecule has 0 aromatic carbocycles. The van der Waals surface area contributed by atoms with E-state index in [1.807, 2.05) is 7.11 Å². The molecule has 2 rings (SSSR count). The number of likely N-dealkylation sites (tertiary alicyclic amines) is 1. The molecule has 1 saturated carbocycles. The Hall–Kier alpha value is -0.120. The van der Waals surface area contributed by atoms with Crippen LogP contribution in [0.4, 0.5) is 0 Å². The summed E-state index contributed by atoms with van der Waals surface area (Å²) >= 11 is 0. The van der Waals surface area contributed by atoms with E-state index >= 15 is 0 Å². The highest BCUT2D eigenvalue weighted by Crippen LogP contribution is 2.31. The van der Waals surface area contributed by atoms with Crippen molar-refractivity contribution < 1.29 is 9.84 Å². The van der Waals surface area contributed by atoms with Crippen molar-refractivity contribution in [2.24, 2.45) is 0 Å². The minimum atomic E-state index is 0.312. The Balaban J connectivity index is 1.98. The van der Waals surface area contributed by atoms with Crippen LogP contribution >= 0.6 is 0 Å². The van der Waals surface area contributed by atoms with Crippen molar-refractivity contribution in [3.8, 4) is 0 Å². The topological polar surface area (TPSA) is 32.7 Å². The van der Waals surface area contributed by atoms with Crippen molar-refractivity contribution in [3.05, 3.63) is 0 Å².